The molecular weight excluding hydrogens is 492 g/mol. The van der Waals surface area contributed by atoms with Crippen molar-refractivity contribution in [2.45, 2.75) is 19.8 Å². The Morgan fingerprint density at radius 3 is 2.50 bits per heavy atom. The average Bonchev–Trinajstić information content (AvgIpc) is 3.16. The number of carbonyl (C=O) groups excluding carboxylic acids is 2. The summed E-state index contributed by atoms with van der Waals surface area (Å²) in [6, 6.07) is 22.3. The number of nitrogens with zero attached hydrogens (tertiary/aromatic N) is 1. The van der Waals surface area contributed by atoms with Gasteiger partial charge >= 0.3 is 0 Å². The van der Waals surface area contributed by atoms with Crippen LogP contribution in [0, 0.1) is 0 Å². The van der Waals surface area contributed by atoms with Crippen molar-refractivity contribution in [2.75, 3.05) is 23.9 Å². The maximum atomic E-state index is 13.0. The molecule has 1 saturated heterocycles. The van der Waals surface area contributed by atoms with Gasteiger partial charge in [0.2, 0.25) is 0 Å². The third-order valence-corrected chi connectivity index (χ3v) is 6.81. The number of rotatable bonds is 8. The molecule has 0 aliphatic carbocycles. The number of methoxy groups -OCH3 is 1. The Labute approximate surface area is 220 Å². The third kappa shape index (κ3) is 5.78. The van der Waals surface area contributed by atoms with E-state index in [2.05, 4.69) is 19.2 Å². The number of hydrogen-bond donors (Lipinski definition) is 1. The molecule has 1 fully saturated rings. The third-order valence-electron chi connectivity index (χ3n) is 5.51. The smallest absolute Gasteiger partial charge is 0.270 e. The maximum absolute atomic E-state index is 13.0. The van der Waals surface area contributed by atoms with Gasteiger partial charge in [0.05, 0.1) is 17.7 Å². The van der Waals surface area contributed by atoms with Gasteiger partial charge in [-0.3, -0.25) is 14.5 Å². The Morgan fingerprint density at radius 2 is 1.78 bits per heavy atom. The van der Waals surface area contributed by atoms with E-state index in [0.717, 1.165) is 22.5 Å². The number of para-hydroxylation sites is 2. The summed E-state index contributed by atoms with van der Waals surface area (Å²) in [6.45, 7) is 3.99. The molecule has 184 valence electrons. The van der Waals surface area contributed by atoms with Crippen LogP contribution >= 0.6 is 24.0 Å². The second-order valence-electron chi connectivity index (χ2n) is 8.34. The zero-order chi connectivity index (χ0) is 25.7. The first-order chi connectivity index (χ1) is 17.4. The fourth-order valence-electron chi connectivity index (χ4n) is 3.76. The Bertz CT molecular complexity index is 1320. The molecule has 4 rings (SSSR count). The summed E-state index contributed by atoms with van der Waals surface area (Å²) >= 11 is 6.69. The number of amides is 2. The lowest BCUT2D eigenvalue weighted by Crippen LogP contribution is -2.27. The first kappa shape index (κ1) is 25.5. The Kier molecular flexibility index (Phi) is 8.07. The number of thioether (sulfide) groups is 1. The summed E-state index contributed by atoms with van der Waals surface area (Å²) in [4.78, 5) is 27.6. The van der Waals surface area contributed by atoms with Gasteiger partial charge in [0.25, 0.3) is 11.8 Å². The molecule has 1 aliphatic heterocycles. The van der Waals surface area contributed by atoms with Crippen LogP contribution < -0.4 is 19.7 Å². The monoisotopic (exact) mass is 518 g/mol. The molecule has 0 aromatic heterocycles. The van der Waals surface area contributed by atoms with Crippen LogP contribution in [-0.4, -0.2) is 29.9 Å². The summed E-state index contributed by atoms with van der Waals surface area (Å²) in [6.07, 6.45) is 1.77. The molecule has 36 heavy (non-hydrogen) atoms. The second-order valence-corrected chi connectivity index (χ2v) is 10.0. The number of nitrogens with one attached hydrogen (secondary N) is 1. The van der Waals surface area contributed by atoms with Gasteiger partial charge in [-0.1, -0.05) is 80.3 Å². The zero-order valence-corrected chi connectivity index (χ0v) is 21.8. The van der Waals surface area contributed by atoms with E-state index in [0.29, 0.717) is 20.7 Å². The van der Waals surface area contributed by atoms with Crippen LogP contribution in [0.5, 0.6) is 11.5 Å². The molecule has 2 amide bonds. The van der Waals surface area contributed by atoms with E-state index in [4.69, 9.17) is 21.7 Å². The van der Waals surface area contributed by atoms with Crippen LogP contribution in [0.25, 0.3) is 6.08 Å². The van der Waals surface area contributed by atoms with Gasteiger partial charge < -0.3 is 14.8 Å². The van der Waals surface area contributed by atoms with Gasteiger partial charge in [-0.25, -0.2) is 0 Å². The molecule has 3 aromatic rings. The van der Waals surface area contributed by atoms with E-state index < -0.39 is 0 Å². The molecule has 0 unspecified atom stereocenters. The highest BCUT2D eigenvalue weighted by atomic mass is 32.2. The number of thiocarbonyl (C=S) groups is 1. The topological polar surface area (TPSA) is 67.9 Å². The van der Waals surface area contributed by atoms with Crippen LogP contribution in [0.3, 0.4) is 0 Å². The average molecular weight is 519 g/mol. The largest absolute Gasteiger partial charge is 0.493 e. The molecule has 0 bridgehead atoms. The van der Waals surface area contributed by atoms with Crippen LogP contribution in [0.2, 0.25) is 0 Å². The van der Waals surface area contributed by atoms with E-state index in [1.54, 1.807) is 24.3 Å². The van der Waals surface area contributed by atoms with Gasteiger partial charge in [-0.05, 0) is 53.5 Å². The van der Waals surface area contributed by atoms with E-state index in [1.807, 2.05) is 54.6 Å². The molecule has 8 heteroatoms. The van der Waals surface area contributed by atoms with Gasteiger partial charge in [-0.15, -0.1) is 0 Å². The van der Waals surface area contributed by atoms with E-state index >= 15 is 0 Å². The predicted molar refractivity (Wildman–Crippen MR) is 150 cm³/mol. The van der Waals surface area contributed by atoms with Crippen molar-refractivity contribution >= 4 is 57.6 Å². The van der Waals surface area contributed by atoms with Crippen molar-refractivity contribution < 1.29 is 19.1 Å². The SMILES string of the molecule is COc1cc(/C=C2\SC(=S)N(c3ccccc3)C2=O)ccc1OCC(=O)Nc1ccccc1C(C)C. The molecule has 1 N–H and O–H groups in total. The lowest BCUT2D eigenvalue weighted by molar-refractivity contribution is -0.118. The van der Waals surface area contributed by atoms with Crippen LogP contribution in [0.15, 0.2) is 77.7 Å². The number of ether oxygens (including phenoxy) is 2. The van der Waals surface area contributed by atoms with Crippen molar-refractivity contribution in [1.29, 1.82) is 0 Å². The summed E-state index contributed by atoms with van der Waals surface area (Å²) in [7, 11) is 1.53. The quantitative estimate of drug-likeness (QED) is 0.281. The molecule has 3 aromatic carbocycles. The molecule has 0 saturated carbocycles. The minimum absolute atomic E-state index is 0.169. The van der Waals surface area contributed by atoms with E-state index in [9.17, 15) is 9.59 Å². The van der Waals surface area contributed by atoms with Crippen molar-refractivity contribution in [3.63, 3.8) is 0 Å². The molecule has 1 aliphatic rings. The van der Waals surface area contributed by atoms with Crippen LogP contribution in [0.4, 0.5) is 11.4 Å². The fraction of sp³-hybridized carbons (Fsp3) is 0.179. The highest BCUT2D eigenvalue weighted by Gasteiger charge is 2.33. The highest BCUT2D eigenvalue weighted by Crippen LogP contribution is 2.37. The molecule has 0 spiro atoms. The second kappa shape index (κ2) is 11.4. The first-order valence-corrected chi connectivity index (χ1v) is 12.6. The highest BCUT2D eigenvalue weighted by molar-refractivity contribution is 8.27. The lowest BCUT2D eigenvalue weighted by Gasteiger charge is -2.15. The molecular formula is C28H26N2O4S2. The first-order valence-electron chi connectivity index (χ1n) is 11.4. The number of anilines is 2. The van der Waals surface area contributed by atoms with Crippen molar-refractivity contribution in [1.82, 2.24) is 0 Å². The van der Waals surface area contributed by atoms with E-state index in [1.165, 1.54) is 23.8 Å². The minimum atomic E-state index is -0.265. The molecule has 6 nitrogen and oxygen atoms in total. The van der Waals surface area contributed by atoms with Crippen molar-refractivity contribution in [3.05, 3.63) is 88.8 Å². The van der Waals surface area contributed by atoms with Gasteiger partial charge in [-0.2, -0.15) is 0 Å². The standard InChI is InChI=1S/C28H26N2O4S2/c1-18(2)21-11-7-8-12-22(21)29-26(31)17-34-23-14-13-19(15-24(23)33-3)16-25-27(32)30(28(35)36-25)20-9-5-4-6-10-20/h4-16,18H,17H2,1-3H3,(H,29,31)/b25-16-. The molecule has 1 heterocycles. The predicted octanol–water partition coefficient (Wildman–Crippen LogP) is 6.24. The summed E-state index contributed by atoms with van der Waals surface area (Å²) in [5.74, 6) is 0.729. The van der Waals surface area contributed by atoms with Gasteiger partial charge in [0.15, 0.2) is 22.4 Å². The Morgan fingerprint density at radius 1 is 1.06 bits per heavy atom. The number of hydrogen-bond acceptors (Lipinski definition) is 6. The number of benzene rings is 3. The van der Waals surface area contributed by atoms with Gasteiger partial charge in [0, 0.05) is 5.69 Å². The summed E-state index contributed by atoms with van der Waals surface area (Å²) < 4.78 is 11.7. The zero-order valence-electron chi connectivity index (χ0n) is 20.2. The van der Waals surface area contributed by atoms with Crippen molar-refractivity contribution in [3.8, 4) is 11.5 Å². The van der Waals surface area contributed by atoms with Crippen LogP contribution in [0.1, 0.15) is 30.9 Å². The number of carbonyl (C=O) groups is 2. The molecule has 0 radical (unpaired) electrons. The Balaban J connectivity index is 1.45. The summed E-state index contributed by atoms with van der Waals surface area (Å²) in [5.41, 5.74) is 3.32. The maximum Gasteiger partial charge on any atom is 0.270 e. The van der Waals surface area contributed by atoms with Gasteiger partial charge in [0.1, 0.15) is 0 Å². The van der Waals surface area contributed by atoms with Crippen molar-refractivity contribution in [2.24, 2.45) is 0 Å². The van der Waals surface area contributed by atoms with Crippen LogP contribution in [-0.2, 0) is 9.59 Å². The molecule has 0 atom stereocenters. The fourth-order valence-corrected chi connectivity index (χ4v) is 5.05. The lowest BCUT2D eigenvalue weighted by atomic mass is 10.0. The summed E-state index contributed by atoms with van der Waals surface area (Å²) in [5, 5.41) is 2.91. The van der Waals surface area contributed by atoms with E-state index in [-0.39, 0.29) is 24.3 Å². The Hall–Kier alpha value is -3.62. The normalized spacial score (nSPS) is 14.4. The minimum Gasteiger partial charge on any atom is -0.493 e.